The second-order valence-corrected chi connectivity index (χ2v) is 4.38. The average Bonchev–Trinajstić information content (AvgIpc) is 2.58. The molecule has 2 rings (SSSR count). The highest BCUT2D eigenvalue weighted by Gasteiger charge is 2.40. The molecule has 0 spiro atoms. The van der Waals surface area contributed by atoms with Gasteiger partial charge in [-0.15, -0.1) is 0 Å². The maximum atomic E-state index is 11.1. The maximum Gasteiger partial charge on any atom is 0.317 e. The van der Waals surface area contributed by atoms with Crippen LogP contribution in [-0.4, -0.2) is 23.4 Å². The number of carbonyl (C=O) groups is 2. The summed E-state index contributed by atoms with van der Waals surface area (Å²) >= 11 is 1.85. The number of rotatable bonds is 1. The number of thioether (sulfide) groups is 1. The molecule has 0 bridgehead atoms. The maximum absolute atomic E-state index is 11.1. The number of ether oxygens (including phenoxy) is 1. The SMILES string of the molecule is O=C1CC(C2CCSC2)C(=O)O1. The highest BCUT2D eigenvalue weighted by atomic mass is 32.2. The first-order valence-electron chi connectivity index (χ1n) is 4.09. The van der Waals surface area contributed by atoms with E-state index < -0.39 is 0 Å². The van der Waals surface area contributed by atoms with E-state index in [-0.39, 0.29) is 17.9 Å². The summed E-state index contributed by atoms with van der Waals surface area (Å²) in [6.07, 6.45) is 1.36. The lowest BCUT2D eigenvalue weighted by atomic mass is 9.91. The van der Waals surface area contributed by atoms with Crippen LogP contribution in [0, 0.1) is 11.8 Å². The van der Waals surface area contributed by atoms with Crippen molar-refractivity contribution in [2.24, 2.45) is 11.8 Å². The summed E-state index contributed by atoms with van der Waals surface area (Å²) in [5, 5.41) is 0. The molecular weight excluding hydrogens is 176 g/mol. The molecule has 2 aliphatic rings. The summed E-state index contributed by atoms with van der Waals surface area (Å²) in [6, 6.07) is 0. The average molecular weight is 186 g/mol. The summed E-state index contributed by atoms with van der Waals surface area (Å²) in [6.45, 7) is 0. The van der Waals surface area contributed by atoms with E-state index in [2.05, 4.69) is 4.74 Å². The predicted molar refractivity (Wildman–Crippen MR) is 44.6 cm³/mol. The first-order chi connectivity index (χ1) is 5.77. The highest BCUT2D eigenvalue weighted by Crippen LogP contribution is 2.34. The molecule has 0 saturated carbocycles. The second-order valence-electron chi connectivity index (χ2n) is 3.23. The molecule has 2 atom stereocenters. The smallest absolute Gasteiger partial charge is 0.317 e. The summed E-state index contributed by atoms with van der Waals surface area (Å²) in [7, 11) is 0. The zero-order valence-electron chi connectivity index (χ0n) is 6.62. The number of esters is 2. The van der Waals surface area contributed by atoms with Crippen molar-refractivity contribution in [2.45, 2.75) is 12.8 Å². The third-order valence-electron chi connectivity index (χ3n) is 2.44. The van der Waals surface area contributed by atoms with Gasteiger partial charge in [0.05, 0.1) is 12.3 Å². The molecule has 0 radical (unpaired) electrons. The van der Waals surface area contributed by atoms with E-state index >= 15 is 0 Å². The minimum Gasteiger partial charge on any atom is -0.393 e. The molecule has 12 heavy (non-hydrogen) atoms. The summed E-state index contributed by atoms with van der Waals surface area (Å²) < 4.78 is 4.50. The molecule has 0 aliphatic carbocycles. The molecule has 3 nitrogen and oxygen atoms in total. The van der Waals surface area contributed by atoms with Gasteiger partial charge < -0.3 is 4.74 Å². The summed E-state index contributed by atoms with van der Waals surface area (Å²) in [5.74, 6) is 1.73. The van der Waals surface area contributed by atoms with E-state index in [9.17, 15) is 9.59 Å². The first kappa shape index (κ1) is 8.10. The molecule has 2 saturated heterocycles. The standard InChI is InChI=1S/C8H10O3S/c9-7-3-6(8(10)11-7)5-1-2-12-4-5/h5-6H,1-4H2. The zero-order chi connectivity index (χ0) is 8.55. The summed E-state index contributed by atoms with van der Waals surface area (Å²) in [5.41, 5.74) is 0. The van der Waals surface area contributed by atoms with Crippen molar-refractivity contribution in [1.82, 2.24) is 0 Å². The van der Waals surface area contributed by atoms with E-state index in [1.54, 1.807) is 0 Å². The number of hydrogen-bond donors (Lipinski definition) is 0. The van der Waals surface area contributed by atoms with Crippen LogP contribution in [0.3, 0.4) is 0 Å². The quantitative estimate of drug-likeness (QED) is 0.449. The zero-order valence-corrected chi connectivity index (χ0v) is 7.43. The van der Waals surface area contributed by atoms with Crippen LogP contribution < -0.4 is 0 Å². The van der Waals surface area contributed by atoms with Crippen LogP contribution in [0.25, 0.3) is 0 Å². The Hall–Kier alpha value is -0.510. The van der Waals surface area contributed by atoms with Crippen molar-refractivity contribution in [2.75, 3.05) is 11.5 Å². The van der Waals surface area contributed by atoms with Crippen LogP contribution in [0.15, 0.2) is 0 Å². The van der Waals surface area contributed by atoms with Gasteiger partial charge in [0.1, 0.15) is 0 Å². The molecule has 2 fully saturated rings. The second kappa shape index (κ2) is 3.09. The van der Waals surface area contributed by atoms with Crippen LogP contribution in [0.2, 0.25) is 0 Å². The van der Waals surface area contributed by atoms with Crippen LogP contribution in [0.5, 0.6) is 0 Å². The van der Waals surface area contributed by atoms with Gasteiger partial charge in [-0.3, -0.25) is 9.59 Å². The van der Waals surface area contributed by atoms with Crippen molar-refractivity contribution in [1.29, 1.82) is 0 Å². The molecule has 4 heteroatoms. The third-order valence-corrected chi connectivity index (χ3v) is 3.63. The Labute approximate surface area is 74.8 Å². The Morgan fingerprint density at radius 2 is 2.25 bits per heavy atom. The van der Waals surface area contributed by atoms with Gasteiger partial charge in [0.25, 0.3) is 0 Å². The van der Waals surface area contributed by atoms with Gasteiger partial charge in [-0.1, -0.05) is 0 Å². The van der Waals surface area contributed by atoms with Crippen LogP contribution in [-0.2, 0) is 14.3 Å². The lowest BCUT2D eigenvalue weighted by molar-refractivity contribution is -0.153. The fraction of sp³-hybridized carbons (Fsp3) is 0.750. The fourth-order valence-corrected chi connectivity index (χ4v) is 3.06. The molecule has 2 heterocycles. The minimum absolute atomic E-state index is 0.132. The number of carbonyl (C=O) groups excluding carboxylic acids is 2. The van der Waals surface area contributed by atoms with Crippen molar-refractivity contribution >= 4 is 23.7 Å². The van der Waals surface area contributed by atoms with Gasteiger partial charge in [0.15, 0.2) is 0 Å². The van der Waals surface area contributed by atoms with Gasteiger partial charge in [0.2, 0.25) is 0 Å². The predicted octanol–water partition coefficient (Wildman–Crippen LogP) is 0.829. The van der Waals surface area contributed by atoms with E-state index in [1.165, 1.54) is 0 Å². The normalized spacial score (nSPS) is 35.7. The Bertz CT molecular complexity index is 220. The van der Waals surface area contributed by atoms with E-state index in [4.69, 9.17) is 0 Å². The van der Waals surface area contributed by atoms with Gasteiger partial charge in [0, 0.05) is 0 Å². The Morgan fingerprint density at radius 1 is 1.42 bits per heavy atom. The van der Waals surface area contributed by atoms with E-state index in [0.717, 1.165) is 17.9 Å². The molecule has 2 aliphatic heterocycles. The van der Waals surface area contributed by atoms with Crippen LogP contribution in [0.1, 0.15) is 12.8 Å². The molecule has 0 N–H and O–H groups in total. The monoisotopic (exact) mass is 186 g/mol. The Balaban J connectivity index is 2.03. The molecule has 0 aromatic carbocycles. The summed E-state index contributed by atoms with van der Waals surface area (Å²) in [4.78, 5) is 21.9. The van der Waals surface area contributed by atoms with E-state index in [1.807, 2.05) is 11.8 Å². The Morgan fingerprint density at radius 3 is 2.75 bits per heavy atom. The molecule has 66 valence electrons. The third kappa shape index (κ3) is 1.35. The van der Waals surface area contributed by atoms with Crippen molar-refractivity contribution in [3.63, 3.8) is 0 Å². The first-order valence-corrected chi connectivity index (χ1v) is 5.25. The van der Waals surface area contributed by atoms with Gasteiger partial charge >= 0.3 is 11.9 Å². The molecular formula is C8H10O3S. The topological polar surface area (TPSA) is 43.4 Å². The van der Waals surface area contributed by atoms with Crippen molar-refractivity contribution in [3.05, 3.63) is 0 Å². The minimum atomic E-state index is -0.345. The van der Waals surface area contributed by atoms with Gasteiger partial charge in [-0.2, -0.15) is 11.8 Å². The molecule has 0 aromatic heterocycles. The fourth-order valence-electron chi connectivity index (χ4n) is 1.72. The van der Waals surface area contributed by atoms with Crippen LogP contribution >= 0.6 is 11.8 Å². The molecule has 2 unspecified atom stereocenters. The van der Waals surface area contributed by atoms with Gasteiger partial charge in [-0.25, -0.2) is 0 Å². The number of hydrogen-bond acceptors (Lipinski definition) is 4. The van der Waals surface area contributed by atoms with Crippen LogP contribution in [0.4, 0.5) is 0 Å². The molecule has 0 aromatic rings. The van der Waals surface area contributed by atoms with E-state index in [0.29, 0.717) is 12.3 Å². The van der Waals surface area contributed by atoms with Crippen molar-refractivity contribution in [3.8, 4) is 0 Å². The molecule has 0 amide bonds. The lowest BCUT2D eigenvalue weighted by Crippen LogP contribution is -2.18. The largest absolute Gasteiger partial charge is 0.393 e. The number of cyclic esters (lactones) is 2. The Kier molecular flexibility index (Phi) is 2.09. The lowest BCUT2D eigenvalue weighted by Gasteiger charge is -2.10. The van der Waals surface area contributed by atoms with Gasteiger partial charge in [-0.05, 0) is 23.8 Å². The highest BCUT2D eigenvalue weighted by molar-refractivity contribution is 7.99. The van der Waals surface area contributed by atoms with Crippen molar-refractivity contribution < 1.29 is 14.3 Å².